The van der Waals surface area contributed by atoms with Gasteiger partial charge in [0.15, 0.2) is 0 Å². The van der Waals surface area contributed by atoms with Crippen molar-refractivity contribution in [2.75, 3.05) is 0 Å². The summed E-state index contributed by atoms with van der Waals surface area (Å²) < 4.78 is 0. The van der Waals surface area contributed by atoms with E-state index in [0.717, 1.165) is 0 Å². The van der Waals surface area contributed by atoms with E-state index in [2.05, 4.69) is 0 Å². The first kappa shape index (κ1) is 18.7. The molecule has 0 bridgehead atoms. The molecule has 0 radical (unpaired) electrons. The first-order valence-electron chi connectivity index (χ1n) is 6.55. The fourth-order valence-electron chi connectivity index (χ4n) is 2.32. The molecule has 0 saturated heterocycles. The Morgan fingerprint density at radius 2 is 1.05 bits per heavy atom. The Balaban J connectivity index is 0.00000242. The van der Waals surface area contributed by atoms with Crippen LogP contribution in [0.3, 0.4) is 0 Å². The monoisotopic (exact) mass is 322 g/mol. The molecule has 5 heteroatoms. The van der Waals surface area contributed by atoms with Crippen molar-refractivity contribution in [3.05, 3.63) is 71.8 Å². The molecule has 2 aromatic rings. The van der Waals surface area contributed by atoms with Gasteiger partial charge in [-0.25, -0.2) is 0 Å². The van der Waals surface area contributed by atoms with Crippen LogP contribution in [-0.4, -0.2) is 49.7 Å². The molecular formula is C17H14CaO4. The topological polar surface area (TPSA) is 80.3 Å². The van der Waals surface area contributed by atoms with Crippen molar-refractivity contribution < 1.29 is 19.8 Å². The molecule has 0 N–H and O–H groups in total. The SMILES string of the molecule is O=C([O-])C(Cc1ccccc1)(Cc1ccccc1)C(=O)[O-].[Ca+2]. The van der Waals surface area contributed by atoms with Crippen molar-refractivity contribution in [2.24, 2.45) is 5.41 Å². The van der Waals surface area contributed by atoms with E-state index >= 15 is 0 Å². The van der Waals surface area contributed by atoms with Crippen LogP contribution in [0.25, 0.3) is 0 Å². The van der Waals surface area contributed by atoms with E-state index in [4.69, 9.17) is 0 Å². The van der Waals surface area contributed by atoms with E-state index < -0.39 is 17.4 Å². The van der Waals surface area contributed by atoms with Gasteiger partial charge in [-0.1, -0.05) is 60.7 Å². The minimum absolute atomic E-state index is 0. The van der Waals surface area contributed by atoms with Gasteiger partial charge < -0.3 is 19.8 Å². The van der Waals surface area contributed by atoms with Gasteiger partial charge in [-0.15, -0.1) is 0 Å². The van der Waals surface area contributed by atoms with Gasteiger partial charge >= 0.3 is 37.7 Å². The molecule has 0 fully saturated rings. The number of rotatable bonds is 6. The van der Waals surface area contributed by atoms with Crippen LogP contribution >= 0.6 is 0 Å². The average molecular weight is 322 g/mol. The number of carboxylic acids is 2. The second-order valence-corrected chi connectivity index (χ2v) is 4.98. The van der Waals surface area contributed by atoms with E-state index in [0.29, 0.717) is 11.1 Å². The molecule has 0 aliphatic rings. The number of aliphatic carboxylic acids is 2. The van der Waals surface area contributed by atoms with Crippen LogP contribution in [0.1, 0.15) is 11.1 Å². The van der Waals surface area contributed by atoms with E-state index in [9.17, 15) is 19.8 Å². The summed E-state index contributed by atoms with van der Waals surface area (Å²) in [7, 11) is 0. The molecule has 0 spiro atoms. The van der Waals surface area contributed by atoms with Crippen LogP contribution in [-0.2, 0) is 22.4 Å². The average Bonchev–Trinajstić information content (AvgIpc) is 2.48. The van der Waals surface area contributed by atoms with Crippen molar-refractivity contribution >= 4 is 49.7 Å². The van der Waals surface area contributed by atoms with Crippen LogP contribution in [0.4, 0.5) is 0 Å². The number of carbonyl (C=O) groups excluding carboxylic acids is 2. The molecule has 22 heavy (non-hydrogen) atoms. The summed E-state index contributed by atoms with van der Waals surface area (Å²) >= 11 is 0. The molecule has 0 heterocycles. The van der Waals surface area contributed by atoms with E-state index in [1.54, 1.807) is 60.7 Å². The Kier molecular flexibility index (Phi) is 7.07. The third-order valence-electron chi connectivity index (χ3n) is 3.48. The Morgan fingerprint density at radius 3 is 1.32 bits per heavy atom. The third kappa shape index (κ3) is 4.32. The summed E-state index contributed by atoms with van der Waals surface area (Å²) in [4.78, 5) is 23.1. The maximum absolute atomic E-state index is 11.5. The van der Waals surface area contributed by atoms with Crippen LogP contribution in [0.5, 0.6) is 0 Å². The number of carbonyl (C=O) groups is 2. The summed E-state index contributed by atoms with van der Waals surface area (Å²) in [5.74, 6) is -3.26. The normalized spacial score (nSPS) is 10.5. The van der Waals surface area contributed by atoms with Crippen molar-refractivity contribution in [3.8, 4) is 0 Å². The van der Waals surface area contributed by atoms with E-state index in [1.807, 2.05) is 0 Å². The van der Waals surface area contributed by atoms with Crippen molar-refractivity contribution in [1.82, 2.24) is 0 Å². The molecule has 0 aliphatic heterocycles. The maximum atomic E-state index is 11.5. The van der Waals surface area contributed by atoms with Gasteiger partial charge in [0.2, 0.25) is 0 Å². The molecule has 0 amide bonds. The molecule has 0 atom stereocenters. The van der Waals surface area contributed by atoms with Gasteiger partial charge in [-0.3, -0.25) is 0 Å². The van der Waals surface area contributed by atoms with E-state index in [-0.39, 0.29) is 50.6 Å². The minimum atomic E-state index is -2.08. The van der Waals surface area contributed by atoms with Crippen molar-refractivity contribution in [3.63, 3.8) is 0 Å². The molecule has 0 aromatic heterocycles. The number of hydrogen-bond acceptors (Lipinski definition) is 4. The van der Waals surface area contributed by atoms with Crippen LogP contribution < -0.4 is 10.2 Å². The smallest absolute Gasteiger partial charge is 0.549 e. The quantitative estimate of drug-likeness (QED) is 0.534. The molecule has 108 valence electrons. The van der Waals surface area contributed by atoms with Gasteiger partial charge in [0, 0.05) is 0 Å². The molecule has 0 aliphatic carbocycles. The molecule has 4 nitrogen and oxygen atoms in total. The van der Waals surface area contributed by atoms with Crippen LogP contribution in [0, 0.1) is 5.41 Å². The van der Waals surface area contributed by atoms with Gasteiger partial charge in [0.1, 0.15) is 0 Å². The first-order chi connectivity index (χ1) is 10.0. The summed E-state index contributed by atoms with van der Waals surface area (Å²) in [6, 6.07) is 17.2. The molecule has 0 saturated carbocycles. The second kappa shape index (κ2) is 8.32. The zero-order valence-electron chi connectivity index (χ0n) is 12.0. The standard InChI is InChI=1S/C17H16O4.Ca/c18-15(19)17(16(20)21,11-13-7-3-1-4-8-13)12-14-9-5-2-6-10-14;/h1-10H,11-12H2,(H,18,19)(H,20,21);/q;+2/p-2. The Bertz CT molecular complexity index is 568. The van der Waals surface area contributed by atoms with Crippen molar-refractivity contribution in [1.29, 1.82) is 0 Å². The zero-order valence-corrected chi connectivity index (χ0v) is 14.2. The van der Waals surface area contributed by atoms with Gasteiger partial charge in [-0.05, 0) is 24.0 Å². The fraction of sp³-hybridized carbons (Fsp3) is 0.176. The van der Waals surface area contributed by atoms with Gasteiger partial charge in [-0.2, -0.15) is 0 Å². The van der Waals surface area contributed by atoms with Crippen LogP contribution in [0.2, 0.25) is 0 Å². The second-order valence-electron chi connectivity index (χ2n) is 4.98. The Hall–Kier alpha value is -1.36. The van der Waals surface area contributed by atoms with E-state index in [1.165, 1.54) is 0 Å². The molecule has 0 unspecified atom stereocenters. The summed E-state index contributed by atoms with van der Waals surface area (Å²) in [6.07, 6.45) is -0.346. The maximum Gasteiger partial charge on any atom is 2.00 e. The largest absolute Gasteiger partial charge is 2.00 e. The third-order valence-corrected chi connectivity index (χ3v) is 3.48. The van der Waals surface area contributed by atoms with Crippen LogP contribution in [0.15, 0.2) is 60.7 Å². The molecular weight excluding hydrogens is 308 g/mol. The number of carboxylic acid groups (broad SMARTS) is 2. The van der Waals surface area contributed by atoms with Gasteiger partial charge in [0.05, 0.1) is 17.4 Å². The zero-order chi connectivity index (χ0) is 15.3. The fourth-order valence-corrected chi connectivity index (χ4v) is 2.32. The number of hydrogen-bond donors (Lipinski definition) is 0. The first-order valence-corrected chi connectivity index (χ1v) is 6.55. The summed E-state index contributed by atoms with van der Waals surface area (Å²) in [5.41, 5.74) is -0.855. The minimum Gasteiger partial charge on any atom is -0.549 e. The molecule has 2 rings (SSSR count). The van der Waals surface area contributed by atoms with Crippen molar-refractivity contribution in [2.45, 2.75) is 12.8 Å². The number of benzene rings is 2. The Morgan fingerprint density at radius 1 is 0.727 bits per heavy atom. The summed E-state index contributed by atoms with van der Waals surface area (Å²) in [5, 5.41) is 23.1. The predicted molar refractivity (Wildman–Crippen MR) is 78.5 cm³/mol. The Labute approximate surface area is 158 Å². The predicted octanol–water partition coefficient (Wildman–Crippen LogP) is -0.423. The summed E-state index contributed by atoms with van der Waals surface area (Å²) in [6.45, 7) is 0. The molecule has 2 aromatic carbocycles. The van der Waals surface area contributed by atoms with Gasteiger partial charge in [0.25, 0.3) is 0 Å².